The minimum absolute atomic E-state index is 0.0158. The Morgan fingerprint density at radius 1 is 1.00 bits per heavy atom. The molecule has 2 aromatic carbocycles. The lowest BCUT2D eigenvalue weighted by atomic mass is 9.75. The van der Waals surface area contributed by atoms with Crippen LogP contribution in [0.4, 0.5) is 0 Å². The minimum atomic E-state index is -0.785. The highest BCUT2D eigenvalue weighted by Gasteiger charge is 2.63. The summed E-state index contributed by atoms with van der Waals surface area (Å²) < 4.78 is 8.02. The van der Waals surface area contributed by atoms with Crippen molar-refractivity contribution in [1.29, 1.82) is 5.26 Å². The van der Waals surface area contributed by atoms with Crippen molar-refractivity contribution in [3.05, 3.63) is 53.1 Å². The summed E-state index contributed by atoms with van der Waals surface area (Å²) in [5.74, 6) is -0.0631. The molecule has 3 N–H and O–H groups in total. The van der Waals surface area contributed by atoms with Crippen molar-refractivity contribution >= 4 is 10.8 Å². The van der Waals surface area contributed by atoms with Crippen LogP contribution in [0.15, 0.2) is 36.4 Å². The van der Waals surface area contributed by atoms with Crippen molar-refractivity contribution in [3.63, 3.8) is 0 Å². The van der Waals surface area contributed by atoms with Crippen LogP contribution >= 0.6 is 0 Å². The number of unbranched alkanes of at least 4 members (excludes halogenated alkanes) is 1. The fourth-order valence-corrected chi connectivity index (χ4v) is 5.69. The maximum absolute atomic E-state index is 11.4. The average molecular weight is 418 g/mol. The van der Waals surface area contributed by atoms with Gasteiger partial charge in [0.05, 0.1) is 28.4 Å². The molecule has 0 saturated carbocycles. The van der Waals surface area contributed by atoms with E-state index in [9.17, 15) is 20.6 Å². The number of ether oxygens (including phenoxy) is 1. The highest BCUT2D eigenvalue weighted by molar-refractivity contribution is 5.95. The lowest BCUT2D eigenvalue weighted by Gasteiger charge is -2.27. The molecule has 2 aliphatic rings. The second kappa shape index (κ2) is 7.01. The molecule has 2 aliphatic heterocycles. The fourth-order valence-electron chi connectivity index (χ4n) is 5.69. The van der Waals surface area contributed by atoms with Gasteiger partial charge in [-0.05, 0) is 31.4 Å². The molecule has 0 radical (unpaired) electrons. The van der Waals surface area contributed by atoms with Crippen molar-refractivity contribution in [2.75, 3.05) is 6.61 Å². The average Bonchev–Trinajstić information content (AvgIpc) is 3.38. The second-order valence-corrected chi connectivity index (χ2v) is 8.69. The van der Waals surface area contributed by atoms with Crippen molar-refractivity contribution in [2.45, 2.75) is 56.7 Å². The summed E-state index contributed by atoms with van der Waals surface area (Å²) in [6, 6.07) is 13.2. The summed E-state index contributed by atoms with van der Waals surface area (Å²) in [5.41, 5.74) is 0.991. The van der Waals surface area contributed by atoms with Crippen LogP contribution < -0.4 is 0 Å². The van der Waals surface area contributed by atoms with Crippen LogP contribution in [-0.2, 0) is 15.9 Å². The Balaban J connectivity index is 1.78. The van der Waals surface area contributed by atoms with E-state index in [-0.39, 0.29) is 18.4 Å². The van der Waals surface area contributed by atoms with E-state index in [1.165, 1.54) is 4.57 Å². The molecule has 0 spiro atoms. The topological polar surface area (TPSA) is 98.6 Å². The van der Waals surface area contributed by atoms with Gasteiger partial charge < -0.3 is 20.1 Å². The molecule has 2 unspecified atom stereocenters. The molecule has 3 aromatic rings. The van der Waals surface area contributed by atoms with Gasteiger partial charge in [0.25, 0.3) is 0 Å². The number of aromatic nitrogens is 1. The maximum atomic E-state index is 11.4. The van der Waals surface area contributed by atoms with Gasteiger partial charge in [0.2, 0.25) is 11.8 Å². The summed E-state index contributed by atoms with van der Waals surface area (Å²) in [5, 5.41) is 43.6. The predicted molar refractivity (Wildman–Crippen MR) is 116 cm³/mol. The van der Waals surface area contributed by atoms with Gasteiger partial charge in [-0.25, -0.2) is 0 Å². The number of nitrogens with zero attached hydrogens (tertiary/aromatic N) is 2. The normalized spacial score (nSPS) is 23.9. The van der Waals surface area contributed by atoms with E-state index in [1.807, 2.05) is 24.3 Å². The van der Waals surface area contributed by atoms with Crippen molar-refractivity contribution in [3.8, 4) is 23.5 Å². The summed E-state index contributed by atoms with van der Waals surface area (Å²) >= 11 is 0. The molecule has 160 valence electrons. The van der Waals surface area contributed by atoms with E-state index < -0.39 is 11.2 Å². The van der Waals surface area contributed by atoms with E-state index in [0.717, 1.165) is 36.5 Å². The van der Waals surface area contributed by atoms with Crippen LogP contribution in [-0.4, -0.2) is 26.5 Å². The minimum Gasteiger partial charge on any atom is -0.494 e. The lowest BCUT2D eigenvalue weighted by Crippen LogP contribution is -2.24. The molecule has 0 aliphatic carbocycles. The Bertz CT molecular complexity index is 1220. The van der Waals surface area contributed by atoms with Gasteiger partial charge in [-0.1, -0.05) is 44.0 Å². The van der Waals surface area contributed by atoms with Crippen molar-refractivity contribution in [2.24, 2.45) is 0 Å². The second-order valence-electron chi connectivity index (χ2n) is 8.69. The number of hydrogen-bond acceptors (Lipinski definition) is 5. The zero-order chi connectivity index (χ0) is 21.8. The maximum Gasteiger partial charge on any atom is 0.205 e. The molecule has 0 amide bonds. The quantitative estimate of drug-likeness (QED) is 0.539. The van der Waals surface area contributed by atoms with Gasteiger partial charge >= 0.3 is 0 Å². The van der Waals surface area contributed by atoms with E-state index in [4.69, 9.17) is 4.74 Å². The first-order chi connectivity index (χ1) is 15.0. The summed E-state index contributed by atoms with van der Waals surface area (Å²) in [6.07, 6.45) is 4.54. The molecule has 1 fully saturated rings. The monoisotopic (exact) mass is 418 g/mol. The number of fused-ring (bicyclic) bond motifs is 6. The number of benzene rings is 2. The number of nitriles is 1. The van der Waals surface area contributed by atoms with Crippen LogP contribution in [0.5, 0.6) is 11.8 Å². The molecule has 6 heteroatoms. The summed E-state index contributed by atoms with van der Waals surface area (Å²) in [4.78, 5) is 0. The van der Waals surface area contributed by atoms with Gasteiger partial charge in [-0.3, -0.25) is 4.57 Å². The largest absolute Gasteiger partial charge is 0.494 e. The lowest BCUT2D eigenvalue weighted by molar-refractivity contribution is -0.102. The zero-order valence-corrected chi connectivity index (χ0v) is 17.6. The smallest absolute Gasteiger partial charge is 0.205 e. The van der Waals surface area contributed by atoms with Gasteiger partial charge in [-0.2, -0.15) is 5.26 Å². The van der Waals surface area contributed by atoms with Gasteiger partial charge in [0.15, 0.2) is 0 Å². The fraction of sp³-hybridized carbons (Fsp3) is 0.400. The van der Waals surface area contributed by atoms with Crippen LogP contribution in [0.1, 0.15) is 62.1 Å². The summed E-state index contributed by atoms with van der Waals surface area (Å²) in [7, 11) is 0. The van der Waals surface area contributed by atoms with Gasteiger partial charge in [0, 0.05) is 23.8 Å². The van der Waals surface area contributed by atoms with Crippen molar-refractivity contribution < 1.29 is 20.1 Å². The Labute approximate surface area is 180 Å². The zero-order valence-electron chi connectivity index (χ0n) is 17.6. The van der Waals surface area contributed by atoms with Crippen LogP contribution in [0.3, 0.4) is 0 Å². The molecule has 1 saturated heterocycles. The van der Waals surface area contributed by atoms with E-state index >= 15 is 0 Å². The third kappa shape index (κ3) is 2.57. The standard InChI is InChI=1S/C25H26N2O4/c1-2-3-10-24-11-12-25(31-24,13-14-28)21-20(24)22(29)27(23(21)30)19-9-8-16(15-26)17-6-4-5-7-18(17)19/h4-9,28-30H,2-3,10-14H2,1H3. The predicted octanol–water partition coefficient (Wildman–Crippen LogP) is 4.70. The molecule has 2 atom stereocenters. The van der Waals surface area contributed by atoms with Crippen LogP contribution in [0.25, 0.3) is 16.5 Å². The number of aromatic hydroxyl groups is 2. The van der Waals surface area contributed by atoms with Crippen molar-refractivity contribution in [1.82, 2.24) is 4.57 Å². The van der Waals surface area contributed by atoms with Crippen LogP contribution in [0.2, 0.25) is 0 Å². The Hall–Kier alpha value is -3.01. The first-order valence-corrected chi connectivity index (χ1v) is 10.9. The molecule has 2 bridgehead atoms. The van der Waals surface area contributed by atoms with E-state index in [1.54, 1.807) is 12.1 Å². The molecule has 3 heterocycles. The molecule has 1 aromatic heterocycles. The number of hydrogen-bond donors (Lipinski definition) is 3. The molecular weight excluding hydrogens is 392 g/mol. The molecular formula is C25H26N2O4. The van der Waals surface area contributed by atoms with E-state index in [2.05, 4.69) is 13.0 Å². The van der Waals surface area contributed by atoms with Crippen LogP contribution in [0, 0.1) is 11.3 Å². The summed E-state index contributed by atoms with van der Waals surface area (Å²) in [6.45, 7) is 2.06. The third-order valence-electron chi connectivity index (χ3n) is 7.07. The Morgan fingerprint density at radius 3 is 2.26 bits per heavy atom. The SMILES string of the molecule is CCCCC12CCC(CCO)(O1)c1c2c(O)n(-c2ccc(C#N)c3ccccc23)c1O. The highest BCUT2D eigenvalue weighted by Crippen LogP contribution is 2.67. The highest BCUT2D eigenvalue weighted by atomic mass is 16.5. The van der Waals surface area contributed by atoms with Gasteiger partial charge in [-0.15, -0.1) is 0 Å². The first kappa shape index (κ1) is 19.9. The molecule has 6 nitrogen and oxygen atoms in total. The Morgan fingerprint density at radius 2 is 1.65 bits per heavy atom. The number of rotatable bonds is 6. The number of aliphatic hydroxyl groups excluding tert-OH is 1. The van der Waals surface area contributed by atoms with E-state index in [0.29, 0.717) is 35.2 Å². The Kier molecular flexibility index (Phi) is 4.51. The first-order valence-electron chi connectivity index (χ1n) is 10.9. The van der Waals surface area contributed by atoms with Gasteiger partial charge in [0.1, 0.15) is 11.2 Å². The third-order valence-corrected chi connectivity index (χ3v) is 7.07. The molecule has 5 rings (SSSR count). The molecule has 31 heavy (non-hydrogen) atoms. The number of aliphatic hydroxyl groups is 1.